The number of hydrogen-bond acceptors (Lipinski definition) is 4. The van der Waals surface area contributed by atoms with Gasteiger partial charge in [0.15, 0.2) is 0 Å². The molecule has 2 fully saturated rings. The van der Waals surface area contributed by atoms with Gasteiger partial charge in [-0.1, -0.05) is 6.42 Å². The number of hydrogen-bond donors (Lipinski definition) is 1. The van der Waals surface area contributed by atoms with Gasteiger partial charge >= 0.3 is 0 Å². The molecule has 1 amide bonds. The third kappa shape index (κ3) is 5.16. The van der Waals surface area contributed by atoms with Gasteiger partial charge in [0, 0.05) is 25.0 Å². The van der Waals surface area contributed by atoms with Gasteiger partial charge in [-0.3, -0.25) is 4.79 Å². The number of carbonyl (C=O) groups excluding carboxylic acids is 1. The number of benzene rings is 1. The molecule has 5 nitrogen and oxygen atoms in total. The highest BCUT2D eigenvalue weighted by molar-refractivity contribution is 5.76. The molecule has 1 saturated carbocycles. The number of piperidine rings is 1. The number of carbonyl (C=O) groups is 1. The van der Waals surface area contributed by atoms with Gasteiger partial charge in [0.25, 0.3) is 0 Å². The van der Waals surface area contributed by atoms with Gasteiger partial charge in [0.05, 0.1) is 14.2 Å². The molecule has 1 saturated heterocycles. The predicted octanol–water partition coefficient (Wildman–Crippen LogP) is 3.41. The fourth-order valence-electron chi connectivity index (χ4n) is 4.30. The smallest absolute Gasteiger partial charge is 0.220 e. The summed E-state index contributed by atoms with van der Waals surface area (Å²) in [7, 11) is 3.31. The van der Waals surface area contributed by atoms with Crippen LogP contribution >= 0.6 is 0 Å². The van der Waals surface area contributed by atoms with E-state index in [4.69, 9.17) is 9.47 Å². The van der Waals surface area contributed by atoms with Crippen molar-refractivity contribution in [3.8, 4) is 11.5 Å². The number of nitrogens with one attached hydrogen (secondary N) is 1. The summed E-state index contributed by atoms with van der Waals surface area (Å²) in [6, 6.07) is 6.75. The molecule has 2 atom stereocenters. The van der Waals surface area contributed by atoms with Crippen molar-refractivity contribution in [2.24, 2.45) is 5.92 Å². The summed E-state index contributed by atoms with van der Waals surface area (Å²) in [5, 5.41) is 3.24. The molecule has 1 aliphatic heterocycles. The van der Waals surface area contributed by atoms with E-state index in [-0.39, 0.29) is 11.9 Å². The van der Waals surface area contributed by atoms with Crippen molar-refractivity contribution in [1.82, 2.24) is 10.2 Å². The van der Waals surface area contributed by atoms with Crippen molar-refractivity contribution in [2.75, 3.05) is 27.3 Å². The second-order valence-corrected chi connectivity index (χ2v) is 8.02. The Bertz CT molecular complexity index is 630. The Kier molecular flexibility index (Phi) is 7.00. The summed E-state index contributed by atoms with van der Waals surface area (Å²) >= 11 is 0. The maximum absolute atomic E-state index is 12.5. The number of amides is 1. The van der Waals surface area contributed by atoms with E-state index >= 15 is 0 Å². The van der Waals surface area contributed by atoms with E-state index in [1.54, 1.807) is 14.2 Å². The van der Waals surface area contributed by atoms with Crippen LogP contribution in [0.3, 0.4) is 0 Å². The lowest BCUT2D eigenvalue weighted by Gasteiger charge is -2.43. The minimum absolute atomic E-state index is 0.119. The number of methoxy groups -OCH3 is 2. The van der Waals surface area contributed by atoms with E-state index in [0.29, 0.717) is 18.8 Å². The van der Waals surface area contributed by atoms with E-state index in [1.807, 2.05) is 18.2 Å². The molecule has 150 valence electrons. The first-order valence-electron chi connectivity index (χ1n) is 10.3. The van der Waals surface area contributed by atoms with E-state index < -0.39 is 0 Å². The van der Waals surface area contributed by atoms with Crippen LogP contribution in [0.5, 0.6) is 11.5 Å². The fourth-order valence-corrected chi connectivity index (χ4v) is 4.30. The first kappa shape index (κ1) is 20.0. The Morgan fingerprint density at radius 2 is 2.04 bits per heavy atom. The molecule has 0 radical (unpaired) electrons. The second kappa shape index (κ2) is 9.45. The summed E-state index contributed by atoms with van der Waals surface area (Å²) < 4.78 is 10.7. The Morgan fingerprint density at radius 1 is 1.22 bits per heavy atom. The third-order valence-electron chi connectivity index (χ3n) is 6.29. The molecule has 3 rings (SSSR count). The highest BCUT2D eigenvalue weighted by Crippen LogP contribution is 2.30. The van der Waals surface area contributed by atoms with E-state index in [9.17, 15) is 4.79 Å². The Morgan fingerprint density at radius 3 is 2.70 bits per heavy atom. The lowest BCUT2D eigenvalue weighted by molar-refractivity contribution is -0.122. The van der Waals surface area contributed by atoms with Crippen molar-refractivity contribution in [1.29, 1.82) is 0 Å². The predicted molar refractivity (Wildman–Crippen MR) is 107 cm³/mol. The topological polar surface area (TPSA) is 50.8 Å². The second-order valence-electron chi connectivity index (χ2n) is 8.02. The van der Waals surface area contributed by atoms with Crippen LogP contribution in [0.25, 0.3) is 0 Å². The number of rotatable bonds is 8. The molecule has 0 bridgehead atoms. The average Bonchev–Trinajstić information content (AvgIpc) is 2.65. The zero-order valence-electron chi connectivity index (χ0n) is 17.0. The lowest BCUT2D eigenvalue weighted by atomic mass is 9.85. The highest BCUT2D eigenvalue weighted by atomic mass is 16.5. The normalized spacial score (nSPS) is 22.0. The molecule has 1 heterocycles. The molecule has 0 aromatic heterocycles. The fraction of sp³-hybridized carbons (Fsp3) is 0.682. The monoisotopic (exact) mass is 374 g/mol. The molecule has 1 aromatic rings. The maximum Gasteiger partial charge on any atom is 0.220 e. The highest BCUT2D eigenvalue weighted by Gasteiger charge is 2.31. The molecular formula is C22H34N2O3. The van der Waals surface area contributed by atoms with Crippen molar-refractivity contribution in [3.63, 3.8) is 0 Å². The molecule has 0 spiro atoms. The number of aryl methyl sites for hydroxylation is 1. The van der Waals surface area contributed by atoms with E-state index in [0.717, 1.165) is 29.6 Å². The van der Waals surface area contributed by atoms with Gasteiger partial charge in [-0.05, 0) is 75.3 Å². The minimum Gasteiger partial charge on any atom is -0.497 e. The van der Waals surface area contributed by atoms with Gasteiger partial charge in [-0.25, -0.2) is 0 Å². The summed E-state index contributed by atoms with van der Waals surface area (Å²) in [6.45, 7) is 4.53. The summed E-state index contributed by atoms with van der Waals surface area (Å²) in [5.74, 6) is 2.28. The van der Waals surface area contributed by atoms with Crippen molar-refractivity contribution in [3.05, 3.63) is 23.8 Å². The largest absolute Gasteiger partial charge is 0.497 e. The van der Waals surface area contributed by atoms with Crippen molar-refractivity contribution in [2.45, 2.75) is 64.0 Å². The molecule has 1 N–H and O–H groups in total. The van der Waals surface area contributed by atoms with Gasteiger partial charge in [-0.2, -0.15) is 0 Å². The van der Waals surface area contributed by atoms with Gasteiger partial charge in [0.2, 0.25) is 5.91 Å². The first-order valence-corrected chi connectivity index (χ1v) is 10.3. The molecule has 1 aliphatic carbocycles. The van der Waals surface area contributed by atoms with Gasteiger partial charge < -0.3 is 19.7 Å². The van der Waals surface area contributed by atoms with Crippen LogP contribution in [0.1, 0.15) is 51.0 Å². The van der Waals surface area contributed by atoms with Crippen LogP contribution < -0.4 is 14.8 Å². The van der Waals surface area contributed by atoms with Crippen LogP contribution in [0.15, 0.2) is 18.2 Å². The molecular weight excluding hydrogens is 340 g/mol. The molecule has 0 unspecified atom stereocenters. The molecule has 27 heavy (non-hydrogen) atoms. The van der Waals surface area contributed by atoms with Gasteiger partial charge in [0.1, 0.15) is 11.5 Å². The standard InChI is InChI=1S/C22H34N2O3/c1-16(18-6-5-13-24(15-18)19-7-4-8-19)23-22(25)12-9-17-14-20(26-2)10-11-21(17)27-3/h10-11,14,16,18-19H,4-9,12-13,15H2,1-3H3,(H,23,25)/t16-,18+/m0/s1. The summed E-state index contributed by atoms with van der Waals surface area (Å²) in [6.07, 6.45) is 7.68. The zero-order valence-corrected chi connectivity index (χ0v) is 17.0. The summed E-state index contributed by atoms with van der Waals surface area (Å²) in [5.41, 5.74) is 1.01. The summed E-state index contributed by atoms with van der Waals surface area (Å²) in [4.78, 5) is 15.2. The molecule has 5 heteroatoms. The maximum atomic E-state index is 12.5. The Hall–Kier alpha value is -1.75. The van der Waals surface area contributed by atoms with Crippen LogP contribution in [-0.4, -0.2) is 50.2 Å². The first-order chi connectivity index (χ1) is 13.1. The third-order valence-corrected chi connectivity index (χ3v) is 6.29. The number of ether oxygens (including phenoxy) is 2. The van der Waals surface area contributed by atoms with Crippen LogP contribution in [0.4, 0.5) is 0 Å². The molecule has 1 aromatic carbocycles. The Balaban J connectivity index is 1.48. The number of likely N-dealkylation sites (tertiary alicyclic amines) is 1. The van der Waals surface area contributed by atoms with Crippen LogP contribution in [-0.2, 0) is 11.2 Å². The SMILES string of the molecule is COc1ccc(OC)c(CCC(=O)N[C@@H](C)[C@@H]2CCCN(C3CCC3)C2)c1. The van der Waals surface area contributed by atoms with E-state index in [2.05, 4.69) is 17.1 Å². The Labute approximate surface area is 163 Å². The van der Waals surface area contributed by atoms with E-state index in [1.165, 1.54) is 38.6 Å². The van der Waals surface area contributed by atoms with Crippen molar-refractivity contribution >= 4 is 5.91 Å². The minimum atomic E-state index is 0.119. The van der Waals surface area contributed by atoms with Crippen LogP contribution in [0.2, 0.25) is 0 Å². The van der Waals surface area contributed by atoms with Gasteiger partial charge in [-0.15, -0.1) is 0 Å². The zero-order chi connectivity index (χ0) is 19.2. The number of nitrogens with zero attached hydrogens (tertiary/aromatic N) is 1. The van der Waals surface area contributed by atoms with Crippen molar-refractivity contribution < 1.29 is 14.3 Å². The van der Waals surface area contributed by atoms with Crippen LogP contribution in [0, 0.1) is 5.92 Å². The lowest BCUT2D eigenvalue weighted by Crippen LogP contribution is -2.50. The average molecular weight is 375 g/mol. The quantitative estimate of drug-likeness (QED) is 0.758. The molecule has 2 aliphatic rings.